The van der Waals surface area contributed by atoms with Crippen LogP contribution in [0.3, 0.4) is 0 Å². The van der Waals surface area contributed by atoms with Crippen molar-refractivity contribution in [1.82, 2.24) is 4.90 Å². The van der Waals surface area contributed by atoms with Gasteiger partial charge in [0.15, 0.2) is 0 Å². The molecule has 1 heterocycles. The summed E-state index contributed by atoms with van der Waals surface area (Å²) in [5, 5.41) is 9.39. The van der Waals surface area contributed by atoms with Crippen molar-refractivity contribution in [2.45, 2.75) is 25.5 Å². The highest BCUT2D eigenvalue weighted by Gasteiger charge is 2.17. The highest BCUT2D eigenvalue weighted by Crippen LogP contribution is 2.11. The summed E-state index contributed by atoms with van der Waals surface area (Å²) in [6.07, 6.45) is 2.87. The molecule has 3 heteroatoms. The van der Waals surface area contributed by atoms with Gasteiger partial charge in [-0.15, -0.1) is 0 Å². The van der Waals surface area contributed by atoms with Gasteiger partial charge < -0.3 is 10.8 Å². The average molecular weight is 144 g/mol. The number of hydrogen-bond donors (Lipinski definition) is 2. The Balaban J connectivity index is 2.18. The Bertz CT molecular complexity index is 91.6. The first-order chi connectivity index (χ1) is 4.84. The summed E-state index contributed by atoms with van der Waals surface area (Å²) in [5.74, 6) is 0. The largest absolute Gasteiger partial charge is 0.378 e. The molecule has 0 bridgehead atoms. The first kappa shape index (κ1) is 7.98. The highest BCUT2D eigenvalue weighted by molar-refractivity contribution is 4.68. The lowest BCUT2D eigenvalue weighted by atomic mass is 10.3. The van der Waals surface area contributed by atoms with Crippen molar-refractivity contribution < 1.29 is 5.11 Å². The number of nitrogens with zero attached hydrogens (tertiary/aromatic N) is 1. The molecule has 0 aromatic rings. The van der Waals surface area contributed by atoms with E-state index < -0.39 is 0 Å². The number of aliphatic hydroxyl groups is 1. The van der Waals surface area contributed by atoms with E-state index >= 15 is 0 Å². The number of hydrogen-bond acceptors (Lipinski definition) is 3. The number of nitrogens with two attached hydrogens (primary N) is 1. The zero-order valence-corrected chi connectivity index (χ0v) is 6.29. The third-order valence-electron chi connectivity index (χ3n) is 1.99. The van der Waals surface area contributed by atoms with E-state index in [0.717, 1.165) is 13.1 Å². The van der Waals surface area contributed by atoms with E-state index in [1.807, 2.05) is 0 Å². The molecule has 0 aromatic heterocycles. The van der Waals surface area contributed by atoms with Crippen molar-refractivity contribution in [1.29, 1.82) is 0 Å². The maximum absolute atomic E-state index is 9.39. The summed E-state index contributed by atoms with van der Waals surface area (Å²) in [7, 11) is 0. The van der Waals surface area contributed by atoms with Crippen LogP contribution in [0.15, 0.2) is 0 Å². The van der Waals surface area contributed by atoms with Crippen LogP contribution in [-0.2, 0) is 0 Å². The first-order valence-corrected chi connectivity index (χ1v) is 3.97. The first-order valence-electron chi connectivity index (χ1n) is 3.97. The molecule has 1 unspecified atom stereocenters. The predicted octanol–water partition coefficient (Wildman–Crippen LogP) is -0.251. The van der Waals surface area contributed by atoms with E-state index in [2.05, 4.69) is 4.90 Å². The molecule has 1 saturated heterocycles. The molecule has 1 aliphatic rings. The second kappa shape index (κ2) is 3.91. The summed E-state index contributed by atoms with van der Waals surface area (Å²) in [6, 6.07) is 0. The monoisotopic (exact) mass is 144 g/mol. The lowest BCUT2D eigenvalue weighted by Crippen LogP contribution is -2.33. The molecule has 0 aliphatic carbocycles. The Morgan fingerprint density at radius 3 is 2.50 bits per heavy atom. The zero-order chi connectivity index (χ0) is 7.40. The van der Waals surface area contributed by atoms with Crippen molar-refractivity contribution in [3.8, 4) is 0 Å². The molecule has 1 atom stereocenters. The van der Waals surface area contributed by atoms with Crippen molar-refractivity contribution in [2.24, 2.45) is 5.73 Å². The van der Waals surface area contributed by atoms with Gasteiger partial charge in [-0.2, -0.15) is 0 Å². The van der Waals surface area contributed by atoms with Gasteiger partial charge in [0, 0.05) is 13.1 Å². The molecular formula is C7H16N2O. The minimum Gasteiger partial charge on any atom is -0.378 e. The molecule has 60 valence electrons. The summed E-state index contributed by atoms with van der Waals surface area (Å²) >= 11 is 0. The summed E-state index contributed by atoms with van der Waals surface area (Å²) in [5.41, 5.74) is 5.31. The van der Waals surface area contributed by atoms with Crippen LogP contribution in [0.1, 0.15) is 19.3 Å². The highest BCUT2D eigenvalue weighted by atomic mass is 16.3. The van der Waals surface area contributed by atoms with E-state index in [1.54, 1.807) is 0 Å². The molecule has 1 rings (SSSR count). The number of likely N-dealkylation sites (tertiary alicyclic amines) is 1. The molecule has 0 radical (unpaired) electrons. The van der Waals surface area contributed by atoms with Crippen molar-refractivity contribution in [3.05, 3.63) is 0 Å². The van der Waals surface area contributed by atoms with Gasteiger partial charge >= 0.3 is 0 Å². The van der Waals surface area contributed by atoms with Gasteiger partial charge in [0.25, 0.3) is 0 Å². The van der Waals surface area contributed by atoms with E-state index in [0.29, 0.717) is 13.0 Å². The zero-order valence-electron chi connectivity index (χ0n) is 6.29. The molecule has 0 saturated carbocycles. The Labute approximate surface area is 61.8 Å². The van der Waals surface area contributed by atoms with Crippen molar-refractivity contribution in [2.75, 3.05) is 19.6 Å². The maximum atomic E-state index is 9.39. The Morgan fingerprint density at radius 2 is 2.00 bits per heavy atom. The van der Waals surface area contributed by atoms with E-state index in [4.69, 9.17) is 5.73 Å². The lowest BCUT2D eigenvalue weighted by molar-refractivity contribution is 0.0161. The summed E-state index contributed by atoms with van der Waals surface area (Å²) in [4.78, 5) is 2.09. The van der Waals surface area contributed by atoms with Gasteiger partial charge in [-0.25, -0.2) is 0 Å². The van der Waals surface area contributed by atoms with E-state index in [1.165, 1.54) is 12.8 Å². The molecule has 10 heavy (non-hydrogen) atoms. The van der Waals surface area contributed by atoms with Gasteiger partial charge in [0.1, 0.15) is 6.23 Å². The molecule has 1 aliphatic heterocycles. The number of rotatable bonds is 3. The molecular weight excluding hydrogens is 128 g/mol. The van der Waals surface area contributed by atoms with Gasteiger partial charge in [0.05, 0.1) is 0 Å². The summed E-state index contributed by atoms with van der Waals surface area (Å²) < 4.78 is 0. The van der Waals surface area contributed by atoms with Crippen LogP contribution in [0.25, 0.3) is 0 Å². The van der Waals surface area contributed by atoms with Crippen LogP contribution < -0.4 is 5.73 Å². The fraction of sp³-hybridized carbons (Fsp3) is 1.00. The normalized spacial score (nSPS) is 23.4. The molecule has 1 fully saturated rings. The minimum atomic E-state index is -0.285. The third kappa shape index (κ3) is 1.94. The van der Waals surface area contributed by atoms with Crippen LogP contribution in [0, 0.1) is 0 Å². The van der Waals surface area contributed by atoms with Crippen LogP contribution in [0.4, 0.5) is 0 Å². The molecule has 3 N–H and O–H groups in total. The summed E-state index contributed by atoms with van der Waals surface area (Å²) in [6.45, 7) is 2.67. The van der Waals surface area contributed by atoms with E-state index in [-0.39, 0.29) is 6.23 Å². The average Bonchev–Trinajstić information content (AvgIpc) is 2.38. The maximum Gasteiger partial charge on any atom is 0.108 e. The van der Waals surface area contributed by atoms with Crippen LogP contribution in [0.2, 0.25) is 0 Å². The van der Waals surface area contributed by atoms with Crippen LogP contribution in [-0.4, -0.2) is 35.9 Å². The Morgan fingerprint density at radius 1 is 1.40 bits per heavy atom. The van der Waals surface area contributed by atoms with Crippen LogP contribution >= 0.6 is 0 Å². The SMILES string of the molecule is NCCC(O)N1CCCC1. The van der Waals surface area contributed by atoms with Crippen molar-refractivity contribution in [3.63, 3.8) is 0 Å². The minimum absolute atomic E-state index is 0.285. The predicted molar refractivity (Wildman–Crippen MR) is 40.5 cm³/mol. The second-order valence-electron chi connectivity index (χ2n) is 2.80. The molecule has 0 spiro atoms. The fourth-order valence-corrected chi connectivity index (χ4v) is 1.37. The van der Waals surface area contributed by atoms with Gasteiger partial charge in [-0.05, 0) is 25.8 Å². The van der Waals surface area contributed by atoms with Crippen LogP contribution in [0.5, 0.6) is 0 Å². The van der Waals surface area contributed by atoms with Gasteiger partial charge in [-0.3, -0.25) is 4.90 Å². The molecule has 0 amide bonds. The fourth-order valence-electron chi connectivity index (χ4n) is 1.37. The van der Waals surface area contributed by atoms with E-state index in [9.17, 15) is 5.11 Å². The standard InChI is InChI=1S/C7H16N2O/c8-4-3-7(10)9-5-1-2-6-9/h7,10H,1-6,8H2. The Kier molecular flexibility index (Phi) is 3.12. The van der Waals surface area contributed by atoms with Gasteiger partial charge in [-0.1, -0.05) is 0 Å². The molecule has 3 nitrogen and oxygen atoms in total. The van der Waals surface area contributed by atoms with Crippen molar-refractivity contribution >= 4 is 0 Å². The lowest BCUT2D eigenvalue weighted by Gasteiger charge is -2.21. The topological polar surface area (TPSA) is 49.5 Å². The van der Waals surface area contributed by atoms with Gasteiger partial charge in [0.2, 0.25) is 0 Å². The third-order valence-corrected chi connectivity index (χ3v) is 1.99. The number of aliphatic hydroxyl groups excluding tert-OH is 1. The quantitative estimate of drug-likeness (QED) is 0.574. The second-order valence-corrected chi connectivity index (χ2v) is 2.80. The Hall–Kier alpha value is -0.120. The smallest absolute Gasteiger partial charge is 0.108 e. The molecule has 0 aromatic carbocycles.